The summed E-state index contributed by atoms with van der Waals surface area (Å²) in [5.41, 5.74) is 3.17. The first-order valence-corrected chi connectivity index (χ1v) is 6.37. The molecule has 1 unspecified atom stereocenters. The van der Waals surface area contributed by atoms with E-state index in [0.29, 0.717) is 6.54 Å². The van der Waals surface area contributed by atoms with Gasteiger partial charge < -0.3 is 5.32 Å². The number of nitrogens with one attached hydrogen (secondary N) is 1. The van der Waals surface area contributed by atoms with Gasteiger partial charge in [-0.1, -0.05) is 29.8 Å². The van der Waals surface area contributed by atoms with Gasteiger partial charge in [-0.25, -0.2) is 9.78 Å². The molecule has 100 valence electrons. The van der Waals surface area contributed by atoms with Crippen LogP contribution in [0.4, 0.5) is 0 Å². The van der Waals surface area contributed by atoms with Gasteiger partial charge in [0.15, 0.2) is 0 Å². The van der Waals surface area contributed by atoms with Crippen molar-refractivity contribution < 1.29 is 0 Å². The molecular weight excluding hydrogens is 238 g/mol. The zero-order valence-electron chi connectivity index (χ0n) is 11.6. The molecule has 0 amide bonds. The second-order valence-corrected chi connectivity index (χ2v) is 4.82. The number of hydrogen-bond donors (Lipinski definition) is 1. The fraction of sp³-hybridized carbons (Fsp3) is 0.333. The Balaban J connectivity index is 2.26. The van der Waals surface area contributed by atoms with Crippen molar-refractivity contribution in [2.75, 3.05) is 7.05 Å². The minimum atomic E-state index is -0.210. The third-order valence-electron chi connectivity index (χ3n) is 3.19. The van der Waals surface area contributed by atoms with E-state index in [4.69, 9.17) is 0 Å². The van der Waals surface area contributed by atoms with Gasteiger partial charge in [-0.2, -0.15) is 0 Å². The van der Waals surface area contributed by atoms with E-state index in [0.717, 1.165) is 5.56 Å². The lowest BCUT2D eigenvalue weighted by molar-refractivity contribution is 0.484. The molecule has 0 aliphatic carbocycles. The smallest absolute Gasteiger partial charge is 0.312 e. The molecule has 1 aromatic heterocycles. The minimum Gasteiger partial charge on any atom is -0.312 e. The quantitative estimate of drug-likeness (QED) is 0.909. The number of aromatic nitrogens is 2. The Kier molecular flexibility index (Phi) is 4.12. The maximum absolute atomic E-state index is 11.7. The molecule has 0 aliphatic heterocycles. The fourth-order valence-corrected chi connectivity index (χ4v) is 2.06. The highest BCUT2D eigenvalue weighted by Gasteiger charge is 2.11. The predicted octanol–water partition coefficient (Wildman–Crippen LogP) is 1.82. The molecule has 0 fully saturated rings. The van der Waals surface area contributed by atoms with Gasteiger partial charge in [-0.05, 0) is 32.0 Å². The molecule has 4 nitrogen and oxygen atoms in total. The first kappa shape index (κ1) is 13.5. The summed E-state index contributed by atoms with van der Waals surface area (Å²) in [6, 6.07) is 8.44. The molecule has 1 heterocycles. The molecule has 0 aliphatic rings. The molecule has 1 aromatic carbocycles. The summed E-state index contributed by atoms with van der Waals surface area (Å²) < 4.78 is 1.65. The summed E-state index contributed by atoms with van der Waals surface area (Å²) >= 11 is 0. The van der Waals surface area contributed by atoms with Crippen LogP contribution in [0.2, 0.25) is 0 Å². The van der Waals surface area contributed by atoms with Crippen LogP contribution in [0.15, 0.2) is 41.5 Å². The maximum Gasteiger partial charge on any atom is 0.347 e. The van der Waals surface area contributed by atoms with Crippen molar-refractivity contribution in [2.24, 2.45) is 0 Å². The molecular formula is C15H19N3O. The van der Waals surface area contributed by atoms with Crippen molar-refractivity contribution in [3.05, 3.63) is 63.8 Å². The molecule has 1 N–H and O–H groups in total. The zero-order chi connectivity index (χ0) is 13.8. The normalized spacial score (nSPS) is 12.4. The Bertz CT molecular complexity index is 602. The van der Waals surface area contributed by atoms with Gasteiger partial charge in [0.25, 0.3) is 0 Å². The molecule has 0 saturated heterocycles. The van der Waals surface area contributed by atoms with Crippen molar-refractivity contribution in [3.8, 4) is 0 Å². The Labute approximate surface area is 113 Å². The molecule has 4 heteroatoms. The van der Waals surface area contributed by atoms with Crippen molar-refractivity contribution in [2.45, 2.75) is 26.4 Å². The van der Waals surface area contributed by atoms with Crippen LogP contribution in [0.5, 0.6) is 0 Å². The average molecular weight is 257 g/mol. The van der Waals surface area contributed by atoms with Crippen molar-refractivity contribution in [1.82, 2.24) is 14.9 Å². The van der Waals surface area contributed by atoms with Gasteiger partial charge in [0.2, 0.25) is 0 Å². The standard InChI is InChI=1S/C15H19N3O/c1-11-4-6-13(7-5-11)14(16-3)10-18-9-12(2)8-17-15(18)19/h4-9,14,16H,10H2,1-3H3. The topological polar surface area (TPSA) is 46.9 Å². The number of hydrogen-bond acceptors (Lipinski definition) is 3. The van der Waals surface area contributed by atoms with E-state index in [1.54, 1.807) is 10.8 Å². The monoisotopic (exact) mass is 257 g/mol. The Morgan fingerprint density at radius 3 is 2.53 bits per heavy atom. The van der Waals surface area contributed by atoms with E-state index >= 15 is 0 Å². The lowest BCUT2D eigenvalue weighted by atomic mass is 10.1. The Morgan fingerprint density at radius 2 is 1.89 bits per heavy atom. The van der Waals surface area contributed by atoms with Crippen LogP contribution < -0.4 is 11.0 Å². The SMILES string of the molecule is CNC(Cn1cc(C)cnc1=O)c1ccc(C)cc1. The van der Waals surface area contributed by atoms with E-state index in [2.05, 4.69) is 41.5 Å². The molecule has 0 bridgehead atoms. The summed E-state index contributed by atoms with van der Waals surface area (Å²) in [4.78, 5) is 15.6. The van der Waals surface area contributed by atoms with Crippen LogP contribution >= 0.6 is 0 Å². The summed E-state index contributed by atoms with van der Waals surface area (Å²) in [5, 5.41) is 3.25. The van der Waals surface area contributed by atoms with Gasteiger partial charge in [0, 0.05) is 18.9 Å². The van der Waals surface area contributed by atoms with Crippen LogP contribution in [0.25, 0.3) is 0 Å². The molecule has 0 spiro atoms. The van der Waals surface area contributed by atoms with E-state index in [9.17, 15) is 4.79 Å². The number of benzene rings is 1. The van der Waals surface area contributed by atoms with Crippen molar-refractivity contribution >= 4 is 0 Å². The van der Waals surface area contributed by atoms with Crippen LogP contribution in [0.1, 0.15) is 22.7 Å². The number of aryl methyl sites for hydroxylation is 2. The van der Waals surface area contributed by atoms with Gasteiger partial charge in [0.05, 0.1) is 6.04 Å². The molecule has 19 heavy (non-hydrogen) atoms. The minimum absolute atomic E-state index is 0.0990. The number of rotatable bonds is 4. The van der Waals surface area contributed by atoms with E-state index in [1.807, 2.05) is 20.2 Å². The first-order valence-electron chi connectivity index (χ1n) is 6.37. The van der Waals surface area contributed by atoms with E-state index in [-0.39, 0.29) is 11.7 Å². The number of likely N-dealkylation sites (N-methyl/N-ethyl adjacent to an activating group) is 1. The number of nitrogens with zero attached hydrogens (tertiary/aromatic N) is 2. The van der Waals surface area contributed by atoms with Crippen LogP contribution in [0, 0.1) is 13.8 Å². The van der Waals surface area contributed by atoms with Crippen molar-refractivity contribution in [1.29, 1.82) is 0 Å². The summed E-state index contributed by atoms with van der Waals surface area (Å²) in [5.74, 6) is 0. The average Bonchev–Trinajstić information content (AvgIpc) is 2.41. The third-order valence-corrected chi connectivity index (χ3v) is 3.19. The van der Waals surface area contributed by atoms with E-state index in [1.165, 1.54) is 11.1 Å². The predicted molar refractivity (Wildman–Crippen MR) is 76.2 cm³/mol. The van der Waals surface area contributed by atoms with Crippen LogP contribution in [0.3, 0.4) is 0 Å². The molecule has 0 radical (unpaired) electrons. The first-order chi connectivity index (χ1) is 9.10. The van der Waals surface area contributed by atoms with Gasteiger partial charge in [0.1, 0.15) is 0 Å². The summed E-state index contributed by atoms with van der Waals surface area (Å²) in [7, 11) is 1.90. The molecule has 2 aromatic rings. The van der Waals surface area contributed by atoms with Gasteiger partial charge in [-0.3, -0.25) is 4.57 Å². The molecule has 0 saturated carbocycles. The zero-order valence-corrected chi connectivity index (χ0v) is 11.6. The summed E-state index contributed by atoms with van der Waals surface area (Å²) in [6.07, 6.45) is 3.44. The second-order valence-electron chi connectivity index (χ2n) is 4.82. The third kappa shape index (κ3) is 3.29. The van der Waals surface area contributed by atoms with Crippen LogP contribution in [-0.4, -0.2) is 16.6 Å². The molecule has 2 rings (SSSR count). The Morgan fingerprint density at radius 1 is 1.21 bits per heavy atom. The Hall–Kier alpha value is -1.94. The lowest BCUT2D eigenvalue weighted by Crippen LogP contribution is -2.29. The largest absolute Gasteiger partial charge is 0.347 e. The molecule has 1 atom stereocenters. The van der Waals surface area contributed by atoms with Gasteiger partial charge >= 0.3 is 5.69 Å². The maximum atomic E-state index is 11.7. The summed E-state index contributed by atoms with van der Waals surface area (Å²) in [6.45, 7) is 4.57. The van der Waals surface area contributed by atoms with E-state index < -0.39 is 0 Å². The van der Waals surface area contributed by atoms with Gasteiger partial charge in [-0.15, -0.1) is 0 Å². The van der Waals surface area contributed by atoms with Crippen LogP contribution in [-0.2, 0) is 6.54 Å². The highest BCUT2D eigenvalue weighted by molar-refractivity contribution is 5.24. The lowest BCUT2D eigenvalue weighted by Gasteiger charge is -2.18. The van der Waals surface area contributed by atoms with Crippen molar-refractivity contribution in [3.63, 3.8) is 0 Å². The highest BCUT2D eigenvalue weighted by Crippen LogP contribution is 2.15. The fourth-order valence-electron chi connectivity index (χ4n) is 2.06. The highest BCUT2D eigenvalue weighted by atomic mass is 16.1. The second kappa shape index (κ2) is 5.80.